The molecule has 0 atom stereocenters. The lowest BCUT2D eigenvalue weighted by atomic mass is 10.2. The summed E-state index contributed by atoms with van der Waals surface area (Å²) in [6, 6.07) is 12.4. The van der Waals surface area contributed by atoms with Crippen LogP contribution in [0, 0.1) is 3.57 Å². The maximum atomic E-state index is 12.2. The Morgan fingerprint density at radius 1 is 1.15 bits per heavy atom. The first-order chi connectivity index (χ1) is 12.4. The second-order valence-electron chi connectivity index (χ2n) is 5.30. The van der Waals surface area contributed by atoms with Gasteiger partial charge in [0.15, 0.2) is 10.7 Å². The first kappa shape index (κ1) is 18.3. The molecular formula is C17H13IN4O3S. The Kier molecular flexibility index (Phi) is 5.47. The molecule has 7 nitrogen and oxygen atoms in total. The number of thiocarbonyl (C=S) groups is 1. The van der Waals surface area contributed by atoms with Crippen LogP contribution >= 0.6 is 34.8 Å². The minimum Gasteiger partial charge on any atom is -0.423 e. The van der Waals surface area contributed by atoms with E-state index in [4.69, 9.17) is 16.6 Å². The molecule has 0 radical (unpaired) electrons. The van der Waals surface area contributed by atoms with Gasteiger partial charge in [0, 0.05) is 27.8 Å². The fraction of sp³-hybridized carbons (Fsp3) is 0.0588. The van der Waals surface area contributed by atoms with Crippen LogP contribution in [0.1, 0.15) is 17.3 Å². The number of aromatic nitrogens is 1. The number of halogens is 1. The number of benzene rings is 2. The number of oxazole rings is 1. The number of nitrogens with one attached hydrogen (secondary N) is 3. The van der Waals surface area contributed by atoms with E-state index >= 15 is 0 Å². The van der Waals surface area contributed by atoms with Crippen LogP contribution in [0.25, 0.3) is 11.1 Å². The number of carbonyl (C=O) groups is 2. The SMILES string of the molecule is CC(=O)Nc1ccc2nc(NC(=S)NC(=O)c3cccc(I)c3)oc2c1. The Labute approximate surface area is 167 Å². The molecule has 0 fully saturated rings. The molecule has 0 saturated heterocycles. The van der Waals surface area contributed by atoms with E-state index < -0.39 is 0 Å². The van der Waals surface area contributed by atoms with Crippen molar-refractivity contribution in [2.75, 3.05) is 10.6 Å². The van der Waals surface area contributed by atoms with Crippen LogP contribution < -0.4 is 16.0 Å². The second kappa shape index (κ2) is 7.79. The average molecular weight is 480 g/mol. The van der Waals surface area contributed by atoms with Gasteiger partial charge in [-0.15, -0.1) is 0 Å². The van der Waals surface area contributed by atoms with E-state index in [0.29, 0.717) is 22.4 Å². The Balaban J connectivity index is 1.69. The van der Waals surface area contributed by atoms with Crippen LogP contribution in [0.4, 0.5) is 11.7 Å². The molecule has 2 aromatic carbocycles. The molecule has 1 aromatic heterocycles. The Bertz CT molecular complexity index is 1020. The lowest BCUT2D eigenvalue weighted by Crippen LogP contribution is -2.34. The molecular weight excluding hydrogens is 467 g/mol. The van der Waals surface area contributed by atoms with Gasteiger partial charge in [0.25, 0.3) is 5.91 Å². The van der Waals surface area contributed by atoms with Gasteiger partial charge < -0.3 is 9.73 Å². The third-order valence-corrected chi connectivity index (χ3v) is 4.12. The van der Waals surface area contributed by atoms with Gasteiger partial charge in [-0.3, -0.25) is 20.2 Å². The predicted molar refractivity (Wildman–Crippen MR) is 111 cm³/mol. The monoisotopic (exact) mass is 480 g/mol. The molecule has 3 rings (SSSR count). The highest BCUT2D eigenvalue weighted by Gasteiger charge is 2.12. The largest absolute Gasteiger partial charge is 0.423 e. The zero-order valence-corrected chi connectivity index (χ0v) is 16.5. The minimum absolute atomic E-state index is 0.0718. The summed E-state index contributed by atoms with van der Waals surface area (Å²) in [4.78, 5) is 27.5. The number of hydrogen-bond donors (Lipinski definition) is 3. The van der Waals surface area contributed by atoms with Gasteiger partial charge in [-0.2, -0.15) is 4.98 Å². The molecule has 1 heterocycles. The van der Waals surface area contributed by atoms with Crippen LogP contribution in [0.15, 0.2) is 46.9 Å². The first-order valence-corrected chi connectivity index (χ1v) is 8.95. The van der Waals surface area contributed by atoms with E-state index in [1.807, 2.05) is 6.07 Å². The van der Waals surface area contributed by atoms with Gasteiger partial charge in [-0.05, 0) is 65.1 Å². The number of nitrogens with zero attached hydrogens (tertiary/aromatic N) is 1. The second-order valence-corrected chi connectivity index (χ2v) is 6.96. The van der Waals surface area contributed by atoms with Crippen molar-refractivity contribution < 1.29 is 14.0 Å². The topological polar surface area (TPSA) is 96.3 Å². The number of rotatable bonds is 3. The molecule has 0 aliphatic heterocycles. The van der Waals surface area contributed by atoms with Crippen molar-refractivity contribution in [2.24, 2.45) is 0 Å². The van der Waals surface area contributed by atoms with E-state index in [1.165, 1.54) is 6.92 Å². The van der Waals surface area contributed by atoms with Crippen LogP contribution in [0.3, 0.4) is 0 Å². The quantitative estimate of drug-likeness (QED) is 0.392. The molecule has 0 bridgehead atoms. The predicted octanol–water partition coefficient (Wildman–Crippen LogP) is 3.52. The summed E-state index contributed by atoms with van der Waals surface area (Å²) in [5.41, 5.74) is 2.17. The average Bonchev–Trinajstić information content (AvgIpc) is 2.95. The van der Waals surface area contributed by atoms with Crippen LogP contribution in [0.2, 0.25) is 0 Å². The van der Waals surface area contributed by atoms with Crippen molar-refractivity contribution in [3.8, 4) is 0 Å². The zero-order chi connectivity index (χ0) is 18.7. The number of fused-ring (bicyclic) bond motifs is 1. The highest BCUT2D eigenvalue weighted by molar-refractivity contribution is 14.1. The summed E-state index contributed by atoms with van der Waals surface area (Å²) in [5, 5.41) is 8.05. The van der Waals surface area contributed by atoms with E-state index in [0.717, 1.165) is 3.57 Å². The van der Waals surface area contributed by atoms with Crippen molar-refractivity contribution in [1.29, 1.82) is 0 Å². The number of hydrogen-bond acceptors (Lipinski definition) is 5. The van der Waals surface area contributed by atoms with Gasteiger partial charge in [-0.1, -0.05) is 6.07 Å². The summed E-state index contributed by atoms with van der Waals surface area (Å²) < 4.78 is 6.50. The normalized spacial score (nSPS) is 10.4. The molecule has 132 valence electrons. The molecule has 0 unspecified atom stereocenters. The van der Waals surface area contributed by atoms with E-state index in [2.05, 4.69) is 43.5 Å². The summed E-state index contributed by atoms with van der Waals surface area (Å²) >= 11 is 7.26. The molecule has 3 aromatic rings. The van der Waals surface area contributed by atoms with Crippen LogP contribution in [-0.2, 0) is 4.79 Å². The molecule has 3 N–H and O–H groups in total. The smallest absolute Gasteiger partial charge is 0.302 e. The summed E-state index contributed by atoms with van der Waals surface area (Å²) in [5.74, 6) is -0.508. The summed E-state index contributed by atoms with van der Waals surface area (Å²) in [6.07, 6.45) is 0. The fourth-order valence-corrected chi connectivity index (χ4v) is 2.92. The Morgan fingerprint density at radius 3 is 2.69 bits per heavy atom. The highest BCUT2D eigenvalue weighted by Crippen LogP contribution is 2.22. The third kappa shape index (κ3) is 4.55. The van der Waals surface area contributed by atoms with Gasteiger partial charge >= 0.3 is 6.01 Å². The highest BCUT2D eigenvalue weighted by atomic mass is 127. The summed E-state index contributed by atoms with van der Waals surface area (Å²) in [7, 11) is 0. The van der Waals surface area contributed by atoms with Crippen molar-refractivity contribution >= 4 is 74.5 Å². The van der Waals surface area contributed by atoms with Gasteiger partial charge in [0.1, 0.15) is 5.52 Å². The minimum atomic E-state index is -0.329. The van der Waals surface area contributed by atoms with Crippen LogP contribution in [0.5, 0.6) is 0 Å². The first-order valence-electron chi connectivity index (χ1n) is 7.47. The molecule has 9 heteroatoms. The Morgan fingerprint density at radius 2 is 1.96 bits per heavy atom. The molecule has 0 aliphatic carbocycles. The van der Waals surface area contributed by atoms with Crippen molar-refractivity contribution in [3.63, 3.8) is 0 Å². The number of amides is 2. The van der Waals surface area contributed by atoms with Crippen molar-refractivity contribution in [3.05, 3.63) is 51.6 Å². The van der Waals surface area contributed by atoms with E-state index in [9.17, 15) is 9.59 Å². The molecule has 0 saturated carbocycles. The lowest BCUT2D eigenvalue weighted by molar-refractivity contribution is -0.114. The standard InChI is InChI=1S/C17H13IN4O3S/c1-9(23)19-12-5-6-13-14(8-12)25-16(20-13)22-17(26)21-15(24)10-3-2-4-11(18)7-10/h2-8H,1H3,(H,19,23)(H2,20,21,22,24,26). The maximum absolute atomic E-state index is 12.2. The number of anilines is 2. The Hall–Kier alpha value is -2.53. The molecule has 26 heavy (non-hydrogen) atoms. The summed E-state index contributed by atoms with van der Waals surface area (Å²) in [6.45, 7) is 1.42. The van der Waals surface area contributed by atoms with E-state index in [1.54, 1.807) is 36.4 Å². The van der Waals surface area contributed by atoms with E-state index in [-0.39, 0.29) is 22.9 Å². The fourth-order valence-electron chi connectivity index (χ4n) is 2.19. The zero-order valence-electron chi connectivity index (χ0n) is 13.5. The van der Waals surface area contributed by atoms with Crippen LogP contribution in [-0.4, -0.2) is 21.9 Å². The van der Waals surface area contributed by atoms with Gasteiger partial charge in [0.05, 0.1) is 0 Å². The lowest BCUT2D eigenvalue weighted by Gasteiger charge is -2.06. The van der Waals surface area contributed by atoms with Crippen molar-refractivity contribution in [1.82, 2.24) is 10.3 Å². The molecule has 2 amide bonds. The van der Waals surface area contributed by atoms with Gasteiger partial charge in [0.2, 0.25) is 5.91 Å². The van der Waals surface area contributed by atoms with Gasteiger partial charge in [-0.25, -0.2) is 0 Å². The number of carbonyl (C=O) groups excluding carboxylic acids is 2. The molecule has 0 aliphatic rings. The maximum Gasteiger partial charge on any atom is 0.302 e. The molecule has 0 spiro atoms. The third-order valence-electron chi connectivity index (χ3n) is 3.24. The van der Waals surface area contributed by atoms with Crippen molar-refractivity contribution in [2.45, 2.75) is 6.92 Å².